The van der Waals surface area contributed by atoms with Crippen molar-refractivity contribution in [1.29, 1.82) is 0 Å². The van der Waals surface area contributed by atoms with Crippen LogP contribution in [0.2, 0.25) is 0 Å². The van der Waals surface area contributed by atoms with E-state index in [4.69, 9.17) is 9.15 Å². The van der Waals surface area contributed by atoms with Crippen molar-refractivity contribution in [2.45, 2.75) is 32.1 Å². The van der Waals surface area contributed by atoms with Gasteiger partial charge in [0.2, 0.25) is 15.9 Å². The van der Waals surface area contributed by atoms with E-state index in [1.165, 1.54) is 10.4 Å². The topological polar surface area (TPSA) is 88.8 Å². The van der Waals surface area contributed by atoms with Crippen molar-refractivity contribution in [3.05, 3.63) is 58.8 Å². The Morgan fingerprint density at radius 2 is 1.77 bits per heavy atom. The quantitative estimate of drug-likeness (QED) is 0.653. The molecule has 31 heavy (non-hydrogen) atoms. The Morgan fingerprint density at radius 1 is 1.06 bits per heavy atom. The van der Waals surface area contributed by atoms with Gasteiger partial charge in [0.25, 0.3) is 0 Å². The van der Waals surface area contributed by atoms with Crippen LogP contribution in [-0.4, -0.2) is 44.9 Å². The first-order valence-corrected chi connectivity index (χ1v) is 11.7. The third-order valence-electron chi connectivity index (χ3n) is 5.75. The zero-order valence-corrected chi connectivity index (χ0v) is 18.7. The van der Waals surface area contributed by atoms with Gasteiger partial charge in [-0.25, -0.2) is 8.42 Å². The summed E-state index contributed by atoms with van der Waals surface area (Å²) < 4.78 is 38.5. The number of nitrogens with zero attached hydrogens (tertiary/aromatic N) is 1. The lowest BCUT2D eigenvalue weighted by atomic mass is 10.0. The van der Waals surface area contributed by atoms with Crippen LogP contribution in [-0.2, 0) is 26.0 Å². The molecule has 2 aromatic carbocycles. The fourth-order valence-corrected chi connectivity index (χ4v) is 5.44. The van der Waals surface area contributed by atoms with Gasteiger partial charge in [-0.15, -0.1) is 0 Å². The number of anilines is 1. The molecular weight excluding hydrogens is 416 g/mol. The molecule has 7 nitrogen and oxygen atoms in total. The smallest absolute Gasteiger partial charge is 0.243 e. The van der Waals surface area contributed by atoms with Crippen LogP contribution in [0.4, 0.5) is 5.69 Å². The highest BCUT2D eigenvalue weighted by Gasteiger charge is 2.28. The molecular formula is C23H26N2O5S. The van der Waals surface area contributed by atoms with Crippen LogP contribution in [0, 0.1) is 20.8 Å². The summed E-state index contributed by atoms with van der Waals surface area (Å²) in [6, 6.07) is 8.92. The van der Waals surface area contributed by atoms with Crippen molar-refractivity contribution in [3.8, 4) is 0 Å². The summed E-state index contributed by atoms with van der Waals surface area (Å²) in [6.07, 6.45) is 1.75. The fourth-order valence-electron chi connectivity index (χ4n) is 3.79. The number of amides is 1. The van der Waals surface area contributed by atoms with Crippen molar-refractivity contribution in [3.63, 3.8) is 0 Å². The van der Waals surface area contributed by atoms with Crippen molar-refractivity contribution in [1.82, 2.24) is 4.31 Å². The molecule has 0 radical (unpaired) electrons. The Kier molecular flexibility index (Phi) is 5.88. The first-order chi connectivity index (χ1) is 14.8. The van der Waals surface area contributed by atoms with E-state index in [9.17, 15) is 13.2 Å². The molecule has 0 atom stereocenters. The van der Waals surface area contributed by atoms with Crippen LogP contribution in [0.25, 0.3) is 11.0 Å². The number of carbonyl (C=O) groups excluding carboxylic acids is 1. The summed E-state index contributed by atoms with van der Waals surface area (Å²) in [6.45, 7) is 7.17. The van der Waals surface area contributed by atoms with Gasteiger partial charge in [0.05, 0.1) is 30.8 Å². The van der Waals surface area contributed by atoms with Gasteiger partial charge in [-0.05, 0) is 49.6 Å². The molecule has 3 aromatic rings. The number of fused-ring (bicyclic) bond motifs is 1. The maximum atomic E-state index is 13.1. The average Bonchev–Trinajstić information content (AvgIpc) is 3.16. The number of morpholine rings is 1. The average molecular weight is 443 g/mol. The highest BCUT2D eigenvalue weighted by Crippen LogP contribution is 2.28. The van der Waals surface area contributed by atoms with E-state index in [1.54, 1.807) is 25.3 Å². The summed E-state index contributed by atoms with van der Waals surface area (Å²) >= 11 is 0. The molecule has 1 aliphatic heterocycles. The Balaban J connectivity index is 1.54. The van der Waals surface area contributed by atoms with Crippen molar-refractivity contribution in [2.24, 2.45) is 0 Å². The zero-order chi connectivity index (χ0) is 22.2. The van der Waals surface area contributed by atoms with E-state index in [0.717, 1.165) is 27.7 Å². The van der Waals surface area contributed by atoms with Gasteiger partial charge in [0.15, 0.2) is 0 Å². The van der Waals surface area contributed by atoms with Gasteiger partial charge >= 0.3 is 0 Å². The van der Waals surface area contributed by atoms with Gasteiger partial charge in [-0.2, -0.15) is 4.31 Å². The van der Waals surface area contributed by atoms with Crippen LogP contribution in [0.5, 0.6) is 0 Å². The minimum absolute atomic E-state index is 0.134. The molecule has 0 unspecified atom stereocenters. The van der Waals surface area contributed by atoms with E-state index in [-0.39, 0.29) is 17.2 Å². The molecule has 8 heteroatoms. The molecule has 1 saturated heterocycles. The molecule has 1 amide bonds. The van der Waals surface area contributed by atoms with Gasteiger partial charge in [-0.1, -0.05) is 18.2 Å². The third kappa shape index (κ3) is 4.23. The standard InChI is InChI=1S/C23H26N2O5S/c1-15-5-7-20-18(14-30-23(20)17(15)3)12-22(26)24-19-6-4-16(2)21(13-19)31(27,28)25-8-10-29-11-9-25/h4-7,13-14H,8-12H2,1-3H3,(H,24,26). The van der Waals surface area contributed by atoms with E-state index < -0.39 is 10.0 Å². The van der Waals surface area contributed by atoms with Gasteiger partial charge in [0.1, 0.15) is 5.58 Å². The molecule has 1 N–H and O–H groups in total. The van der Waals surface area contributed by atoms with Crippen LogP contribution in [0.15, 0.2) is 45.9 Å². The second-order valence-corrected chi connectivity index (χ2v) is 9.77. The van der Waals surface area contributed by atoms with Crippen molar-refractivity contribution >= 4 is 32.6 Å². The second-order valence-electron chi connectivity index (χ2n) is 7.87. The van der Waals surface area contributed by atoms with Crippen LogP contribution in [0.3, 0.4) is 0 Å². The molecule has 1 aliphatic rings. The van der Waals surface area contributed by atoms with Crippen LogP contribution >= 0.6 is 0 Å². The van der Waals surface area contributed by atoms with Gasteiger partial charge in [-0.3, -0.25) is 4.79 Å². The normalized spacial score (nSPS) is 15.3. The molecule has 1 fully saturated rings. The predicted octanol–water partition coefficient (Wildman–Crippen LogP) is 3.56. The highest BCUT2D eigenvalue weighted by atomic mass is 32.2. The Hall–Kier alpha value is -2.68. The summed E-state index contributed by atoms with van der Waals surface area (Å²) in [5.41, 5.74) is 4.85. The molecule has 2 heterocycles. The van der Waals surface area contributed by atoms with E-state index >= 15 is 0 Å². The summed E-state index contributed by atoms with van der Waals surface area (Å²) in [7, 11) is -3.65. The molecule has 0 bridgehead atoms. The SMILES string of the molecule is Cc1ccc(NC(=O)Cc2coc3c(C)c(C)ccc23)cc1S(=O)(=O)N1CCOCC1. The molecule has 0 spiro atoms. The van der Waals surface area contributed by atoms with E-state index in [1.807, 2.05) is 26.0 Å². The monoisotopic (exact) mass is 442 g/mol. The predicted molar refractivity (Wildman–Crippen MR) is 119 cm³/mol. The highest BCUT2D eigenvalue weighted by molar-refractivity contribution is 7.89. The minimum atomic E-state index is -3.65. The lowest BCUT2D eigenvalue weighted by Crippen LogP contribution is -2.40. The third-order valence-corrected chi connectivity index (χ3v) is 7.79. The molecule has 164 valence electrons. The van der Waals surface area contributed by atoms with Crippen molar-refractivity contribution in [2.75, 3.05) is 31.6 Å². The van der Waals surface area contributed by atoms with Crippen LogP contribution in [0.1, 0.15) is 22.3 Å². The summed E-state index contributed by atoms with van der Waals surface area (Å²) in [4.78, 5) is 12.9. The lowest BCUT2D eigenvalue weighted by molar-refractivity contribution is -0.115. The Morgan fingerprint density at radius 3 is 2.52 bits per heavy atom. The molecule has 0 saturated carbocycles. The van der Waals surface area contributed by atoms with Crippen LogP contribution < -0.4 is 5.32 Å². The number of rotatable bonds is 5. The van der Waals surface area contributed by atoms with Gasteiger partial charge in [0, 0.05) is 29.7 Å². The Labute approximate surface area is 182 Å². The fraction of sp³-hybridized carbons (Fsp3) is 0.348. The van der Waals surface area contributed by atoms with Crippen molar-refractivity contribution < 1.29 is 22.4 Å². The molecule has 0 aliphatic carbocycles. The lowest BCUT2D eigenvalue weighted by Gasteiger charge is -2.26. The van der Waals surface area contributed by atoms with E-state index in [2.05, 4.69) is 5.32 Å². The number of aryl methyl sites for hydroxylation is 3. The number of hydrogen-bond acceptors (Lipinski definition) is 5. The van der Waals surface area contributed by atoms with E-state index in [0.29, 0.717) is 37.6 Å². The molecule has 4 rings (SSSR count). The number of hydrogen-bond donors (Lipinski definition) is 1. The second kappa shape index (κ2) is 8.45. The maximum Gasteiger partial charge on any atom is 0.243 e. The number of furan rings is 1. The number of sulfonamides is 1. The maximum absolute atomic E-state index is 13.1. The summed E-state index contributed by atoms with van der Waals surface area (Å²) in [5, 5.41) is 3.74. The van der Waals surface area contributed by atoms with Gasteiger partial charge < -0.3 is 14.5 Å². The minimum Gasteiger partial charge on any atom is -0.464 e. The first-order valence-electron chi connectivity index (χ1n) is 10.2. The molecule has 1 aromatic heterocycles. The largest absolute Gasteiger partial charge is 0.464 e. The Bertz CT molecular complexity index is 1240. The number of carbonyl (C=O) groups is 1. The number of nitrogens with one attached hydrogen (secondary N) is 1. The number of benzene rings is 2. The first kappa shape index (κ1) is 21.5. The number of ether oxygens (including phenoxy) is 1. The zero-order valence-electron chi connectivity index (χ0n) is 17.9. The summed E-state index contributed by atoms with van der Waals surface area (Å²) in [5.74, 6) is -0.237.